The van der Waals surface area contributed by atoms with E-state index < -0.39 is 17.4 Å². The smallest absolute Gasteiger partial charge is 0.310 e. The first kappa shape index (κ1) is 15.0. The molecule has 0 radical (unpaired) electrons. The van der Waals surface area contributed by atoms with Crippen molar-refractivity contribution in [2.75, 3.05) is 0 Å². The zero-order chi connectivity index (χ0) is 15.6. The van der Waals surface area contributed by atoms with Gasteiger partial charge in [-0.1, -0.05) is 42.0 Å². The highest BCUT2D eigenvalue weighted by Gasteiger charge is 2.34. The molecule has 4 nitrogen and oxygen atoms in total. The van der Waals surface area contributed by atoms with Crippen molar-refractivity contribution >= 4 is 11.8 Å². The van der Waals surface area contributed by atoms with Gasteiger partial charge in [-0.25, -0.2) is 0 Å². The number of hydrogen-bond donors (Lipinski definition) is 2. The molecule has 0 saturated carbocycles. The number of primary amides is 1. The van der Waals surface area contributed by atoms with Gasteiger partial charge in [0.2, 0.25) is 0 Å². The van der Waals surface area contributed by atoms with E-state index in [9.17, 15) is 9.59 Å². The third-order valence-corrected chi connectivity index (χ3v) is 4.02. The summed E-state index contributed by atoms with van der Waals surface area (Å²) in [5, 5.41) is 2.79. The molecule has 0 aliphatic heterocycles. The van der Waals surface area contributed by atoms with Crippen LogP contribution in [-0.4, -0.2) is 11.8 Å². The van der Waals surface area contributed by atoms with Gasteiger partial charge >= 0.3 is 11.8 Å². The first-order valence-corrected chi connectivity index (χ1v) is 6.90. The fraction of sp³-hybridized carbons (Fsp3) is 0.294. The van der Waals surface area contributed by atoms with Gasteiger partial charge in [0.1, 0.15) is 0 Å². The number of aryl methyl sites for hydroxylation is 1. The molecule has 1 unspecified atom stereocenters. The van der Waals surface area contributed by atoms with Crippen molar-refractivity contribution in [1.29, 1.82) is 0 Å². The molecule has 1 atom stereocenters. The second-order valence-electron chi connectivity index (χ2n) is 5.52. The molecule has 2 amide bonds. The van der Waals surface area contributed by atoms with Crippen molar-refractivity contribution in [2.45, 2.75) is 32.7 Å². The maximum Gasteiger partial charge on any atom is 0.310 e. The molecule has 4 heteroatoms. The van der Waals surface area contributed by atoms with Crippen LogP contribution in [0.4, 0.5) is 0 Å². The number of nitrogens with two attached hydrogens (primary N) is 1. The number of benzene rings is 1. The van der Waals surface area contributed by atoms with Gasteiger partial charge in [-0.3, -0.25) is 9.59 Å². The Morgan fingerprint density at radius 3 is 2.52 bits per heavy atom. The Labute approximate surface area is 124 Å². The van der Waals surface area contributed by atoms with E-state index in [1.54, 1.807) is 0 Å². The van der Waals surface area contributed by atoms with Crippen LogP contribution < -0.4 is 11.1 Å². The minimum absolute atomic E-state index is 0.596. The number of amides is 2. The number of nitrogens with one attached hydrogen (secondary N) is 1. The Morgan fingerprint density at radius 1 is 1.24 bits per heavy atom. The van der Waals surface area contributed by atoms with Crippen LogP contribution in [0.1, 0.15) is 30.0 Å². The summed E-state index contributed by atoms with van der Waals surface area (Å²) >= 11 is 0. The molecule has 110 valence electrons. The van der Waals surface area contributed by atoms with E-state index in [0.717, 1.165) is 22.3 Å². The highest BCUT2D eigenvalue weighted by Crippen LogP contribution is 2.34. The minimum Gasteiger partial charge on any atom is -0.361 e. The Morgan fingerprint density at radius 2 is 1.95 bits per heavy atom. The molecule has 1 aliphatic rings. The quantitative estimate of drug-likeness (QED) is 0.815. The molecule has 1 aliphatic carbocycles. The van der Waals surface area contributed by atoms with E-state index in [4.69, 9.17) is 5.73 Å². The molecular weight excluding hydrogens is 264 g/mol. The molecule has 0 saturated heterocycles. The Kier molecular flexibility index (Phi) is 3.98. The lowest BCUT2D eigenvalue weighted by Crippen LogP contribution is -2.49. The number of allylic oxidation sites excluding steroid dienone is 2. The van der Waals surface area contributed by atoms with Gasteiger partial charge in [0, 0.05) is 0 Å². The third-order valence-electron chi connectivity index (χ3n) is 4.02. The summed E-state index contributed by atoms with van der Waals surface area (Å²) in [7, 11) is 0. The molecule has 21 heavy (non-hydrogen) atoms. The molecular formula is C17H20N2O2. The van der Waals surface area contributed by atoms with Crippen LogP contribution in [0.25, 0.3) is 0 Å². The lowest BCUT2D eigenvalue weighted by molar-refractivity contribution is -0.138. The minimum atomic E-state index is -0.973. The molecule has 2 rings (SSSR count). The first-order valence-electron chi connectivity index (χ1n) is 6.90. The van der Waals surface area contributed by atoms with Crippen molar-refractivity contribution in [3.63, 3.8) is 0 Å². The summed E-state index contributed by atoms with van der Waals surface area (Å²) in [6.45, 7) is 6.04. The van der Waals surface area contributed by atoms with Crippen molar-refractivity contribution < 1.29 is 9.59 Å². The van der Waals surface area contributed by atoms with E-state index in [1.165, 1.54) is 0 Å². The van der Waals surface area contributed by atoms with E-state index in [0.29, 0.717) is 6.42 Å². The van der Waals surface area contributed by atoms with Crippen molar-refractivity contribution in [3.8, 4) is 0 Å². The molecule has 3 N–H and O–H groups in total. The Balaban J connectivity index is 2.52. The Hall–Kier alpha value is -2.36. The second kappa shape index (κ2) is 5.56. The van der Waals surface area contributed by atoms with Crippen LogP contribution in [0, 0.1) is 13.8 Å². The molecule has 0 fully saturated rings. The fourth-order valence-electron chi connectivity index (χ4n) is 2.59. The highest BCUT2D eigenvalue weighted by molar-refractivity contribution is 6.34. The van der Waals surface area contributed by atoms with E-state index in [1.807, 2.05) is 57.2 Å². The van der Waals surface area contributed by atoms with Crippen LogP contribution in [0.5, 0.6) is 0 Å². The van der Waals surface area contributed by atoms with E-state index in [2.05, 4.69) is 5.32 Å². The summed E-state index contributed by atoms with van der Waals surface area (Å²) < 4.78 is 0. The van der Waals surface area contributed by atoms with E-state index >= 15 is 0 Å². The number of carbonyl (C=O) groups is 2. The molecule has 1 aromatic carbocycles. The maximum atomic E-state index is 11.8. The van der Waals surface area contributed by atoms with Gasteiger partial charge in [-0.2, -0.15) is 0 Å². The van der Waals surface area contributed by atoms with Gasteiger partial charge in [-0.15, -0.1) is 0 Å². The average Bonchev–Trinajstić information content (AvgIpc) is 2.44. The third kappa shape index (κ3) is 2.89. The summed E-state index contributed by atoms with van der Waals surface area (Å²) in [5.74, 6) is -1.74. The van der Waals surface area contributed by atoms with Crippen LogP contribution in [0.3, 0.4) is 0 Å². The second-order valence-corrected chi connectivity index (χ2v) is 5.52. The van der Waals surface area contributed by atoms with Gasteiger partial charge in [0.05, 0.1) is 5.54 Å². The van der Waals surface area contributed by atoms with Crippen LogP contribution in [-0.2, 0) is 15.1 Å². The van der Waals surface area contributed by atoms with E-state index in [-0.39, 0.29) is 0 Å². The van der Waals surface area contributed by atoms with Gasteiger partial charge in [0.15, 0.2) is 0 Å². The molecule has 0 bridgehead atoms. The Bertz CT molecular complexity index is 659. The molecule has 0 aromatic heterocycles. The normalized spacial score (nSPS) is 20.8. The SMILES string of the molecule is CC1=CCC(NC(=O)C(N)=O)(c2cccc(C)c2C)C=C1. The van der Waals surface area contributed by atoms with Crippen LogP contribution in [0.2, 0.25) is 0 Å². The maximum absolute atomic E-state index is 11.8. The molecule has 0 heterocycles. The van der Waals surface area contributed by atoms with Crippen molar-refractivity contribution in [3.05, 3.63) is 58.7 Å². The first-order chi connectivity index (χ1) is 9.85. The van der Waals surface area contributed by atoms with Crippen LogP contribution in [0.15, 0.2) is 42.0 Å². The average molecular weight is 284 g/mol. The number of carbonyl (C=O) groups excluding carboxylic acids is 2. The summed E-state index contributed by atoms with van der Waals surface area (Å²) in [6.07, 6.45) is 6.53. The van der Waals surface area contributed by atoms with Crippen LogP contribution >= 0.6 is 0 Å². The summed E-state index contributed by atoms with van der Waals surface area (Å²) in [5.41, 5.74) is 8.72. The van der Waals surface area contributed by atoms with Gasteiger partial charge in [-0.05, 0) is 43.9 Å². The topological polar surface area (TPSA) is 72.2 Å². The monoisotopic (exact) mass is 284 g/mol. The fourth-order valence-corrected chi connectivity index (χ4v) is 2.59. The molecule has 0 spiro atoms. The van der Waals surface area contributed by atoms with Gasteiger partial charge in [0.25, 0.3) is 0 Å². The highest BCUT2D eigenvalue weighted by atomic mass is 16.2. The summed E-state index contributed by atoms with van der Waals surface area (Å²) in [4.78, 5) is 23.0. The standard InChI is InChI=1S/C17H20N2O2/c1-11-7-9-17(10-8-11,19-16(21)15(18)20)14-6-4-5-12(2)13(14)3/h4-9H,10H2,1-3H3,(H2,18,20)(H,19,21). The zero-order valence-electron chi connectivity index (χ0n) is 12.6. The predicted molar refractivity (Wildman–Crippen MR) is 82.4 cm³/mol. The van der Waals surface area contributed by atoms with Crippen molar-refractivity contribution in [1.82, 2.24) is 5.32 Å². The summed E-state index contributed by atoms with van der Waals surface area (Å²) in [6, 6.07) is 5.95. The van der Waals surface area contributed by atoms with Crippen molar-refractivity contribution in [2.24, 2.45) is 5.73 Å². The number of hydrogen-bond acceptors (Lipinski definition) is 2. The largest absolute Gasteiger partial charge is 0.361 e. The lowest BCUT2D eigenvalue weighted by Gasteiger charge is -2.35. The lowest BCUT2D eigenvalue weighted by atomic mass is 9.79. The molecule has 1 aromatic rings. The zero-order valence-corrected chi connectivity index (χ0v) is 12.6. The van der Waals surface area contributed by atoms with Gasteiger partial charge < -0.3 is 11.1 Å². The predicted octanol–water partition coefficient (Wildman–Crippen LogP) is 2.01. The number of rotatable bonds is 2.